The van der Waals surface area contributed by atoms with Gasteiger partial charge >= 0.3 is 5.97 Å². The van der Waals surface area contributed by atoms with Crippen LogP contribution in [0.15, 0.2) is 12.7 Å². The minimum absolute atomic E-state index is 0.0138. The molecular weight excluding hydrogens is 200 g/mol. The van der Waals surface area contributed by atoms with Gasteiger partial charge in [-0.05, 0) is 38.0 Å². The van der Waals surface area contributed by atoms with Crippen molar-refractivity contribution in [3.05, 3.63) is 12.7 Å². The third kappa shape index (κ3) is 1.68. The van der Waals surface area contributed by atoms with Gasteiger partial charge in [0.2, 0.25) is 0 Å². The van der Waals surface area contributed by atoms with Gasteiger partial charge in [0, 0.05) is 5.92 Å². The largest absolute Gasteiger partial charge is 0.462 e. The van der Waals surface area contributed by atoms with Gasteiger partial charge in [-0.2, -0.15) is 0 Å². The molecule has 0 aromatic carbocycles. The highest BCUT2D eigenvalue weighted by Gasteiger charge is 2.55. The fourth-order valence-corrected chi connectivity index (χ4v) is 3.33. The first-order chi connectivity index (χ1) is 7.39. The van der Waals surface area contributed by atoms with E-state index in [2.05, 4.69) is 20.4 Å². The van der Waals surface area contributed by atoms with Gasteiger partial charge in [0.25, 0.3) is 0 Å². The second kappa shape index (κ2) is 3.61. The summed E-state index contributed by atoms with van der Waals surface area (Å²) in [5, 5.41) is 0. The van der Waals surface area contributed by atoms with Gasteiger partial charge in [0.05, 0.1) is 5.41 Å². The van der Waals surface area contributed by atoms with E-state index < -0.39 is 0 Å². The molecule has 0 aromatic rings. The number of hydrogen-bond donors (Lipinski definition) is 0. The van der Waals surface area contributed by atoms with E-state index in [4.69, 9.17) is 4.74 Å². The van der Waals surface area contributed by atoms with Crippen LogP contribution >= 0.6 is 0 Å². The maximum absolute atomic E-state index is 12.0. The molecule has 0 spiro atoms. The van der Waals surface area contributed by atoms with Gasteiger partial charge in [-0.3, -0.25) is 4.79 Å². The van der Waals surface area contributed by atoms with Crippen molar-refractivity contribution in [1.82, 2.24) is 0 Å². The molecule has 0 aromatic heterocycles. The first-order valence-corrected chi connectivity index (χ1v) is 6.21. The van der Waals surface area contributed by atoms with Crippen molar-refractivity contribution in [1.29, 1.82) is 0 Å². The van der Waals surface area contributed by atoms with Crippen LogP contribution in [0.1, 0.15) is 46.5 Å². The molecular formula is C14H22O2. The predicted octanol–water partition coefficient (Wildman–Crippen LogP) is 3.32. The molecule has 0 amide bonds. The molecule has 3 unspecified atom stereocenters. The molecule has 0 bridgehead atoms. The maximum Gasteiger partial charge on any atom is 0.312 e. The lowest BCUT2D eigenvalue weighted by atomic mass is 9.63. The highest BCUT2D eigenvalue weighted by molar-refractivity contribution is 5.79. The highest BCUT2D eigenvalue weighted by Crippen LogP contribution is 2.52. The van der Waals surface area contributed by atoms with Gasteiger partial charge < -0.3 is 4.74 Å². The Hall–Kier alpha value is -0.790. The number of hydrogen-bond acceptors (Lipinski definition) is 2. The summed E-state index contributed by atoms with van der Waals surface area (Å²) in [4.78, 5) is 12.0. The van der Waals surface area contributed by atoms with Crippen LogP contribution in [0, 0.1) is 16.7 Å². The van der Waals surface area contributed by atoms with E-state index in [1.165, 1.54) is 6.42 Å². The van der Waals surface area contributed by atoms with E-state index in [9.17, 15) is 4.79 Å². The lowest BCUT2D eigenvalue weighted by Crippen LogP contribution is -2.37. The lowest BCUT2D eigenvalue weighted by Gasteiger charge is -2.39. The predicted molar refractivity (Wildman–Crippen MR) is 63.9 cm³/mol. The summed E-state index contributed by atoms with van der Waals surface area (Å²) in [6.07, 6.45) is 6.04. The Labute approximate surface area is 98.1 Å². The molecule has 1 aliphatic heterocycles. The summed E-state index contributed by atoms with van der Waals surface area (Å²) in [5.74, 6) is 0.381. The topological polar surface area (TPSA) is 26.3 Å². The van der Waals surface area contributed by atoms with Gasteiger partial charge in [0.1, 0.15) is 6.10 Å². The molecule has 1 aliphatic carbocycles. The number of allylic oxidation sites excluding steroid dienone is 1. The van der Waals surface area contributed by atoms with E-state index in [0.717, 1.165) is 19.3 Å². The Kier molecular flexibility index (Phi) is 2.64. The summed E-state index contributed by atoms with van der Waals surface area (Å²) in [6.45, 7) is 10.3. The van der Waals surface area contributed by atoms with E-state index in [1.54, 1.807) is 0 Å². The first-order valence-electron chi connectivity index (χ1n) is 6.21. The quantitative estimate of drug-likeness (QED) is 0.529. The third-order valence-electron chi connectivity index (χ3n) is 4.45. The zero-order valence-corrected chi connectivity index (χ0v) is 10.6. The van der Waals surface area contributed by atoms with Crippen molar-refractivity contribution in [3.8, 4) is 0 Å². The van der Waals surface area contributed by atoms with Gasteiger partial charge in [-0.1, -0.05) is 19.9 Å². The normalized spacial score (nSPS) is 41.3. The van der Waals surface area contributed by atoms with Crippen molar-refractivity contribution in [2.24, 2.45) is 16.7 Å². The number of esters is 1. The Morgan fingerprint density at radius 2 is 2.19 bits per heavy atom. The third-order valence-corrected chi connectivity index (χ3v) is 4.45. The fraction of sp³-hybridized carbons (Fsp3) is 0.786. The molecule has 2 aliphatic rings. The van der Waals surface area contributed by atoms with Crippen molar-refractivity contribution in [3.63, 3.8) is 0 Å². The van der Waals surface area contributed by atoms with Gasteiger partial charge in [-0.15, -0.1) is 6.58 Å². The molecule has 1 heterocycles. The summed E-state index contributed by atoms with van der Waals surface area (Å²) in [5.41, 5.74) is 0.00376. The zero-order valence-electron chi connectivity index (χ0n) is 10.6. The average Bonchev–Trinajstić information content (AvgIpc) is 2.37. The fourth-order valence-electron chi connectivity index (χ4n) is 3.33. The monoisotopic (exact) mass is 222 g/mol. The summed E-state index contributed by atoms with van der Waals surface area (Å²) >= 11 is 0. The molecule has 16 heavy (non-hydrogen) atoms. The maximum atomic E-state index is 12.0. The van der Waals surface area contributed by atoms with Crippen LogP contribution in [0.2, 0.25) is 0 Å². The van der Waals surface area contributed by atoms with Crippen LogP contribution in [-0.4, -0.2) is 12.1 Å². The molecule has 1 saturated carbocycles. The standard InChI is InChI=1S/C14H22O2/c1-5-7-14(4)10-6-8-13(2,3)9-11(10)16-12(14)15/h5,10-11H,1,6-9H2,2-4H3. The van der Waals surface area contributed by atoms with Crippen LogP contribution < -0.4 is 0 Å². The minimum atomic E-state index is -0.317. The first kappa shape index (κ1) is 11.7. The molecule has 2 nitrogen and oxygen atoms in total. The molecule has 0 N–H and O–H groups in total. The van der Waals surface area contributed by atoms with E-state index >= 15 is 0 Å². The van der Waals surface area contributed by atoms with Crippen LogP contribution in [0.3, 0.4) is 0 Å². The van der Waals surface area contributed by atoms with Gasteiger partial charge in [0.15, 0.2) is 0 Å². The van der Waals surface area contributed by atoms with E-state index in [-0.39, 0.29) is 17.5 Å². The SMILES string of the molecule is C=CCC1(C)C(=O)OC2CC(C)(C)CCC21. The van der Waals surface area contributed by atoms with Crippen LogP contribution in [0.5, 0.6) is 0 Å². The van der Waals surface area contributed by atoms with Crippen LogP contribution in [-0.2, 0) is 9.53 Å². The average molecular weight is 222 g/mol. The second-order valence-electron chi connectivity index (χ2n) is 6.37. The summed E-state index contributed by atoms with van der Waals surface area (Å²) < 4.78 is 5.58. The summed E-state index contributed by atoms with van der Waals surface area (Å²) in [7, 11) is 0. The number of carbonyl (C=O) groups excluding carboxylic acids is 1. The smallest absolute Gasteiger partial charge is 0.312 e. The van der Waals surface area contributed by atoms with Crippen LogP contribution in [0.25, 0.3) is 0 Å². The van der Waals surface area contributed by atoms with Crippen molar-refractivity contribution >= 4 is 5.97 Å². The number of fused-ring (bicyclic) bond motifs is 1. The number of rotatable bonds is 2. The summed E-state index contributed by atoms with van der Waals surface area (Å²) in [6, 6.07) is 0. The second-order valence-corrected chi connectivity index (χ2v) is 6.37. The Morgan fingerprint density at radius 1 is 1.50 bits per heavy atom. The Balaban J connectivity index is 2.21. The van der Waals surface area contributed by atoms with E-state index in [1.807, 2.05) is 13.0 Å². The van der Waals surface area contributed by atoms with Crippen molar-refractivity contribution in [2.45, 2.75) is 52.6 Å². The lowest BCUT2D eigenvalue weighted by molar-refractivity contribution is -0.148. The molecule has 0 radical (unpaired) electrons. The number of ether oxygens (including phenoxy) is 1. The zero-order chi connectivity index (χ0) is 12.0. The molecule has 3 atom stereocenters. The van der Waals surface area contributed by atoms with Crippen LogP contribution in [0.4, 0.5) is 0 Å². The Morgan fingerprint density at radius 3 is 2.81 bits per heavy atom. The molecule has 90 valence electrons. The minimum Gasteiger partial charge on any atom is -0.462 e. The number of carbonyl (C=O) groups is 1. The van der Waals surface area contributed by atoms with Gasteiger partial charge in [-0.25, -0.2) is 0 Å². The highest BCUT2D eigenvalue weighted by atomic mass is 16.6. The van der Waals surface area contributed by atoms with Crippen molar-refractivity contribution < 1.29 is 9.53 Å². The molecule has 1 saturated heterocycles. The molecule has 2 rings (SSSR count). The van der Waals surface area contributed by atoms with E-state index in [0.29, 0.717) is 11.3 Å². The Bertz CT molecular complexity index is 319. The molecule has 2 heteroatoms. The molecule has 2 fully saturated rings. The van der Waals surface area contributed by atoms with Crippen molar-refractivity contribution in [2.75, 3.05) is 0 Å².